The molecule has 3 aromatic rings. The highest BCUT2D eigenvalue weighted by Gasteiger charge is 2.31. The summed E-state index contributed by atoms with van der Waals surface area (Å²) in [6.07, 6.45) is -3.90. The van der Waals surface area contributed by atoms with Gasteiger partial charge in [-0.25, -0.2) is 4.98 Å². The van der Waals surface area contributed by atoms with Crippen LogP contribution < -0.4 is 20.3 Å². The van der Waals surface area contributed by atoms with Gasteiger partial charge >= 0.3 is 6.36 Å². The minimum absolute atomic E-state index is 0.308. The molecule has 2 heterocycles. The van der Waals surface area contributed by atoms with E-state index in [1.54, 1.807) is 12.1 Å². The first-order chi connectivity index (χ1) is 17.7. The number of alkyl halides is 3. The molecule has 0 saturated carbocycles. The van der Waals surface area contributed by atoms with Crippen LogP contribution in [0.4, 0.5) is 36.3 Å². The molecular formula is C26H31F3N6O2. The molecular weight excluding hydrogens is 485 g/mol. The van der Waals surface area contributed by atoms with Crippen LogP contribution in [0.25, 0.3) is 11.3 Å². The van der Waals surface area contributed by atoms with Gasteiger partial charge in [-0.1, -0.05) is 12.1 Å². The predicted molar refractivity (Wildman–Crippen MR) is 139 cm³/mol. The molecule has 8 nitrogen and oxygen atoms in total. The van der Waals surface area contributed by atoms with E-state index in [0.717, 1.165) is 37.4 Å². The average Bonchev–Trinajstić information content (AvgIpc) is 2.87. The number of halogens is 3. The second-order valence-corrected chi connectivity index (χ2v) is 8.89. The van der Waals surface area contributed by atoms with Crippen molar-refractivity contribution in [2.24, 2.45) is 0 Å². The molecule has 2 N–H and O–H groups in total. The maximum atomic E-state index is 12.7. The summed E-state index contributed by atoms with van der Waals surface area (Å²) in [6, 6.07) is 15.5. The Labute approximate surface area is 214 Å². The van der Waals surface area contributed by atoms with Crippen molar-refractivity contribution in [1.82, 2.24) is 14.9 Å². The van der Waals surface area contributed by atoms with Crippen LogP contribution in [0.5, 0.6) is 5.75 Å². The van der Waals surface area contributed by atoms with E-state index in [-0.39, 0.29) is 5.75 Å². The monoisotopic (exact) mass is 516 g/mol. The summed E-state index contributed by atoms with van der Waals surface area (Å²) >= 11 is 0. The zero-order chi connectivity index (χ0) is 26.3. The average molecular weight is 517 g/mol. The lowest BCUT2D eigenvalue weighted by atomic mass is 10.1. The van der Waals surface area contributed by atoms with Gasteiger partial charge in [0.2, 0.25) is 5.95 Å². The highest BCUT2D eigenvalue weighted by atomic mass is 19.4. The van der Waals surface area contributed by atoms with Crippen molar-refractivity contribution in [2.75, 3.05) is 69.0 Å². The molecule has 1 saturated heterocycles. The Kier molecular flexibility index (Phi) is 8.67. The van der Waals surface area contributed by atoms with Gasteiger partial charge in [-0.3, -0.25) is 0 Å². The molecule has 2 aromatic carbocycles. The van der Waals surface area contributed by atoms with E-state index >= 15 is 0 Å². The molecule has 4 rings (SSSR count). The van der Waals surface area contributed by atoms with Gasteiger partial charge in [0.15, 0.2) is 0 Å². The van der Waals surface area contributed by atoms with Crippen LogP contribution in [0.1, 0.15) is 6.42 Å². The molecule has 0 bridgehead atoms. The molecule has 0 atom stereocenters. The summed E-state index contributed by atoms with van der Waals surface area (Å²) < 4.78 is 47.7. The topological polar surface area (TPSA) is 74.8 Å². The zero-order valence-electron chi connectivity index (χ0n) is 20.9. The summed E-state index contributed by atoms with van der Waals surface area (Å²) in [4.78, 5) is 13.5. The van der Waals surface area contributed by atoms with Crippen molar-refractivity contribution in [3.05, 3.63) is 54.6 Å². The Morgan fingerprint density at radius 3 is 2.49 bits per heavy atom. The lowest BCUT2D eigenvalue weighted by Crippen LogP contribution is -2.36. The molecule has 1 aliphatic rings. The number of ether oxygens (including phenoxy) is 2. The third-order valence-corrected chi connectivity index (χ3v) is 5.67. The van der Waals surface area contributed by atoms with Crippen LogP contribution >= 0.6 is 0 Å². The number of benzene rings is 2. The molecule has 0 spiro atoms. The Morgan fingerprint density at radius 2 is 1.78 bits per heavy atom. The molecule has 0 amide bonds. The van der Waals surface area contributed by atoms with Gasteiger partial charge in [0, 0.05) is 42.6 Å². The molecule has 0 radical (unpaired) electrons. The van der Waals surface area contributed by atoms with Crippen LogP contribution in [-0.2, 0) is 4.74 Å². The molecule has 1 aromatic heterocycles. The molecule has 0 aliphatic carbocycles. The van der Waals surface area contributed by atoms with E-state index in [4.69, 9.17) is 4.74 Å². The largest absolute Gasteiger partial charge is 0.573 e. The van der Waals surface area contributed by atoms with E-state index in [1.807, 2.05) is 38.4 Å². The highest BCUT2D eigenvalue weighted by Crippen LogP contribution is 2.29. The SMILES string of the molecule is CN(C)CCCNc1nc(Nc2ccc(N3CCOCC3)cc2)cc(-c2cccc(OC(F)(F)F)c2)n1. The maximum absolute atomic E-state index is 12.7. The maximum Gasteiger partial charge on any atom is 0.573 e. The van der Waals surface area contributed by atoms with E-state index in [1.165, 1.54) is 18.2 Å². The number of nitrogens with one attached hydrogen (secondary N) is 2. The molecule has 0 unspecified atom stereocenters. The quantitative estimate of drug-likeness (QED) is 0.366. The molecule has 37 heavy (non-hydrogen) atoms. The van der Waals surface area contributed by atoms with Gasteiger partial charge in [0.1, 0.15) is 11.6 Å². The summed E-state index contributed by atoms with van der Waals surface area (Å²) in [5.41, 5.74) is 2.88. The van der Waals surface area contributed by atoms with Crippen LogP contribution in [0.2, 0.25) is 0 Å². The van der Waals surface area contributed by atoms with Crippen molar-refractivity contribution in [2.45, 2.75) is 12.8 Å². The minimum Gasteiger partial charge on any atom is -0.406 e. The third-order valence-electron chi connectivity index (χ3n) is 5.67. The van der Waals surface area contributed by atoms with Gasteiger partial charge in [-0.15, -0.1) is 13.2 Å². The minimum atomic E-state index is -4.77. The fourth-order valence-corrected chi connectivity index (χ4v) is 3.91. The smallest absolute Gasteiger partial charge is 0.406 e. The van der Waals surface area contributed by atoms with E-state index < -0.39 is 6.36 Å². The number of anilines is 4. The summed E-state index contributed by atoms with van der Waals surface area (Å²) in [6.45, 7) is 4.66. The Bertz CT molecular complexity index is 1150. The van der Waals surface area contributed by atoms with Gasteiger partial charge < -0.3 is 29.9 Å². The lowest BCUT2D eigenvalue weighted by Gasteiger charge is -2.28. The molecule has 11 heteroatoms. The second kappa shape index (κ2) is 12.1. The van der Waals surface area contributed by atoms with Gasteiger partial charge in [0.05, 0.1) is 18.9 Å². The van der Waals surface area contributed by atoms with Gasteiger partial charge in [-0.2, -0.15) is 4.98 Å². The fraction of sp³-hybridized carbons (Fsp3) is 0.385. The van der Waals surface area contributed by atoms with Crippen molar-refractivity contribution >= 4 is 23.1 Å². The number of nitrogens with zero attached hydrogens (tertiary/aromatic N) is 4. The van der Waals surface area contributed by atoms with E-state index in [0.29, 0.717) is 42.8 Å². The summed E-state index contributed by atoms with van der Waals surface area (Å²) in [5.74, 6) is 0.588. The summed E-state index contributed by atoms with van der Waals surface area (Å²) in [5, 5.41) is 6.52. The first-order valence-electron chi connectivity index (χ1n) is 12.1. The van der Waals surface area contributed by atoms with Crippen LogP contribution in [0, 0.1) is 0 Å². The summed E-state index contributed by atoms with van der Waals surface area (Å²) in [7, 11) is 4.00. The van der Waals surface area contributed by atoms with Crippen molar-refractivity contribution in [3.63, 3.8) is 0 Å². The third kappa shape index (κ3) is 8.22. The number of rotatable bonds is 10. The van der Waals surface area contributed by atoms with Gasteiger partial charge in [-0.05, 0) is 63.5 Å². The number of hydrogen-bond acceptors (Lipinski definition) is 8. The van der Waals surface area contributed by atoms with E-state index in [9.17, 15) is 13.2 Å². The van der Waals surface area contributed by atoms with Crippen LogP contribution in [-0.4, -0.2) is 74.7 Å². The molecule has 1 fully saturated rings. The first kappa shape index (κ1) is 26.5. The number of aromatic nitrogens is 2. The second-order valence-electron chi connectivity index (χ2n) is 8.89. The molecule has 1 aliphatic heterocycles. The van der Waals surface area contributed by atoms with Crippen LogP contribution in [0.3, 0.4) is 0 Å². The zero-order valence-corrected chi connectivity index (χ0v) is 20.9. The van der Waals surface area contributed by atoms with Crippen molar-refractivity contribution < 1.29 is 22.6 Å². The Balaban J connectivity index is 1.56. The normalized spacial score (nSPS) is 14.1. The first-order valence-corrected chi connectivity index (χ1v) is 12.1. The fourth-order valence-electron chi connectivity index (χ4n) is 3.91. The lowest BCUT2D eigenvalue weighted by molar-refractivity contribution is -0.274. The van der Waals surface area contributed by atoms with Crippen LogP contribution in [0.15, 0.2) is 54.6 Å². The van der Waals surface area contributed by atoms with Gasteiger partial charge in [0.25, 0.3) is 0 Å². The van der Waals surface area contributed by atoms with E-state index in [2.05, 4.69) is 35.1 Å². The Hall–Kier alpha value is -3.57. The predicted octanol–water partition coefficient (Wildman–Crippen LogP) is 4.99. The highest BCUT2D eigenvalue weighted by molar-refractivity contribution is 5.69. The van der Waals surface area contributed by atoms with Crippen molar-refractivity contribution in [1.29, 1.82) is 0 Å². The number of morpholine rings is 1. The standard InChI is InChI=1S/C26H31F3N6O2/c1-34(2)12-4-11-30-25-32-23(19-5-3-6-22(17-19)37-26(27,28)29)18-24(33-25)31-20-7-9-21(10-8-20)35-13-15-36-16-14-35/h3,5-10,17-18H,4,11-16H2,1-2H3,(H2,30,31,32,33). The molecule has 198 valence electrons. The van der Waals surface area contributed by atoms with Crippen molar-refractivity contribution in [3.8, 4) is 17.0 Å². The Morgan fingerprint density at radius 1 is 1.03 bits per heavy atom. The number of hydrogen-bond donors (Lipinski definition) is 2.